The van der Waals surface area contributed by atoms with Crippen molar-refractivity contribution < 1.29 is 34.4 Å². The number of rotatable bonds is 6. The van der Waals surface area contributed by atoms with Gasteiger partial charge in [0.05, 0.1) is 12.3 Å². The Labute approximate surface area is 159 Å². The molecule has 2 rings (SSSR count). The second kappa shape index (κ2) is 9.15. The lowest BCUT2D eigenvalue weighted by molar-refractivity contribution is -0.0803. The van der Waals surface area contributed by atoms with Crippen molar-refractivity contribution >= 4 is 7.60 Å². The van der Waals surface area contributed by atoms with Crippen molar-refractivity contribution in [3.63, 3.8) is 0 Å². The summed E-state index contributed by atoms with van der Waals surface area (Å²) in [4.78, 5) is 44.0. The van der Waals surface area contributed by atoms with Crippen LogP contribution < -0.4 is 11.2 Å². The van der Waals surface area contributed by atoms with E-state index in [1.54, 1.807) is 0 Å². The fourth-order valence-electron chi connectivity index (χ4n) is 2.77. The summed E-state index contributed by atoms with van der Waals surface area (Å²) >= 11 is 0. The van der Waals surface area contributed by atoms with Crippen molar-refractivity contribution in [3.05, 3.63) is 32.6 Å². The van der Waals surface area contributed by atoms with E-state index in [-0.39, 0.29) is 5.56 Å². The second-order valence-corrected chi connectivity index (χ2v) is 8.20. The summed E-state index contributed by atoms with van der Waals surface area (Å²) in [7, 11) is -4.61. The third-order valence-corrected chi connectivity index (χ3v) is 5.05. The van der Waals surface area contributed by atoms with E-state index in [0.29, 0.717) is 6.42 Å². The lowest BCUT2D eigenvalue weighted by Crippen LogP contribution is -2.40. The maximum absolute atomic E-state index is 12.1. The zero-order valence-electron chi connectivity index (χ0n) is 15.1. The van der Waals surface area contributed by atoms with Crippen LogP contribution in [0.1, 0.15) is 38.0 Å². The van der Waals surface area contributed by atoms with Gasteiger partial charge in [0.15, 0.2) is 6.23 Å². The van der Waals surface area contributed by atoms with E-state index in [0.717, 1.165) is 23.6 Å². The molecule has 0 unspecified atom stereocenters. The SMILES string of the molecule is CCCCC#Cc1cn([C@@H]2O[C@H]([C@H](O)CP(=O)(O)O)[C@@H](O)[C@H]2O)c(=O)[nH]c1=O. The number of nitrogens with one attached hydrogen (secondary N) is 1. The Morgan fingerprint density at radius 2 is 2.00 bits per heavy atom. The van der Waals surface area contributed by atoms with Gasteiger partial charge < -0.3 is 29.8 Å². The van der Waals surface area contributed by atoms with Crippen LogP contribution in [0.5, 0.6) is 0 Å². The highest BCUT2D eigenvalue weighted by molar-refractivity contribution is 7.51. The molecule has 28 heavy (non-hydrogen) atoms. The van der Waals surface area contributed by atoms with E-state index in [9.17, 15) is 29.5 Å². The van der Waals surface area contributed by atoms with Crippen LogP contribution in [0.3, 0.4) is 0 Å². The van der Waals surface area contributed by atoms with Crippen LogP contribution >= 0.6 is 7.60 Å². The topological polar surface area (TPSA) is 182 Å². The van der Waals surface area contributed by atoms with Gasteiger partial charge in [0, 0.05) is 12.6 Å². The first-order chi connectivity index (χ1) is 13.0. The Kier molecular flexibility index (Phi) is 7.36. The Bertz CT molecular complexity index is 909. The zero-order chi connectivity index (χ0) is 21.1. The highest BCUT2D eigenvalue weighted by Gasteiger charge is 2.48. The van der Waals surface area contributed by atoms with Crippen LogP contribution in [0.25, 0.3) is 0 Å². The van der Waals surface area contributed by atoms with Crippen molar-refractivity contribution in [3.8, 4) is 11.8 Å². The van der Waals surface area contributed by atoms with Gasteiger partial charge in [-0.15, -0.1) is 0 Å². The van der Waals surface area contributed by atoms with Gasteiger partial charge in [0.25, 0.3) is 5.56 Å². The molecule has 11 nitrogen and oxygen atoms in total. The molecule has 0 amide bonds. The molecule has 156 valence electrons. The third kappa shape index (κ3) is 5.40. The number of ether oxygens (including phenoxy) is 1. The molecule has 0 aliphatic carbocycles. The smallest absolute Gasteiger partial charge is 0.330 e. The van der Waals surface area contributed by atoms with Gasteiger partial charge in [0.1, 0.15) is 23.9 Å². The number of hydrogen-bond donors (Lipinski definition) is 6. The predicted molar refractivity (Wildman–Crippen MR) is 96.6 cm³/mol. The molecule has 12 heteroatoms. The van der Waals surface area contributed by atoms with Crippen molar-refractivity contribution in [1.82, 2.24) is 9.55 Å². The average molecular weight is 418 g/mol. The molecule has 0 spiro atoms. The van der Waals surface area contributed by atoms with E-state index in [2.05, 4.69) is 11.8 Å². The molecule has 1 saturated heterocycles. The molecule has 1 aliphatic heterocycles. The number of nitrogens with zero attached hydrogens (tertiary/aromatic N) is 1. The summed E-state index contributed by atoms with van der Waals surface area (Å²) in [6, 6.07) is 0. The standard InChI is InChI=1S/C16H23N2O9P/c1-2-3-4-5-6-9-7-18(16(23)17-14(9)22)15-12(21)11(20)13(27-15)10(19)8-28(24,25)26/h7,10-13,15,19-21H,2-4,8H2,1H3,(H,17,22,23)(H2,24,25,26)/t10-,11+,12-,13-,15-/m1/s1. The van der Waals surface area contributed by atoms with Gasteiger partial charge >= 0.3 is 13.3 Å². The Morgan fingerprint density at radius 3 is 2.61 bits per heavy atom. The summed E-state index contributed by atoms with van der Waals surface area (Å²) in [5, 5.41) is 30.2. The molecular formula is C16H23N2O9P. The lowest BCUT2D eigenvalue weighted by Gasteiger charge is -2.21. The van der Waals surface area contributed by atoms with Crippen LogP contribution in [0.2, 0.25) is 0 Å². The second-order valence-electron chi connectivity index (χ2n) is 6.50. The number of aliphatic hydroxyl groups is 3. The molecule has 0 radical (unpaired) electrons. The molecule has 0 aromatic carbocycles. The minimum atomic E-state index is -4.61. The van der Waals surface area contributed by atoms with Crippen LogP contribution in [-0.4, -0.2) is 65.2 Å². The van der Waals surface area contributed by atoms with E-state index in [1.165, 1.54) is 0 Å². The minimum absolute atomic E-state index is 0.0554. The third-order valence-electron chi connectivity index (χ3n) is 4.20. The van der Waals surface area contributed by atoms with Gasteiger partial charge in [-0.05, 0) is 6.42 Å². The van der Waals surface area contributed by atoms with Crippen molar-refractivity contribution in [2.24, 2.45) is 0 Å². The monoisotopic (exact) mass is 418 g/mol. The fourth-order valence-corrected chi connectivity index (χ4v) is 3.46. The van der Waals surface area contributed by atoms with Crippen LogP contribution in [0.15, 0.2) is 15.8 Å². The summed E-state index contributed by atoms with van der Waals surface area (Å²) in [5.41, 5.74) is -1.72. The molecule has 0 saturated carbocycles. The number of aliphatic hydroxyl groups excluding tert-OH is 3. The molecule has 1 aromatic heterocycles. The first kappa shape index (κ1) is 22.5. The Hall–Kier alpha value is -1.77. The molecule has 6 N–H and O–H groups in total. The highest BCUT2D eigenvalue weighted by atomic mass is 31.2. The highest BCUT2D eigenvalue weighted by Crippen LogP contribution is 2.39. The van der Waals surface area contributed by atoms with Crippen molar-refractivity contribution in [2.45, 2.75) is 56.8 Å². The maximum Gasteiger partial charge on any atom is 0.330 e. The summed E-state index contributed by atoms with van der Waals surface area (Å²) in [6.45, 7) is 1.98. The molecule has 2 heterocycles. The summed E-state index contributed by atoms with van der Waals surface area (Å²) in [6.07, 6.45) is -5.87. The van der Waals surface area contributed by atoms with Gasteiger partial charge in [-0.1, -0.05) is 25.2 Å². The van der Waals surface area contributed by atoms with Crippen LogP contribution in [-0.2, 0) is 9.30 Å². The first-order valence-corrected chi connectivity index (χ1v) is 10.4. The largest absolute Gasteiger partial charge is 0.390 e. The number of hydrogen-bond acceptors (Lipinski definition) is 7. The molecule has 1 fully saturated rings. The number of H-pyrrole nitrogens is 1. The summed E-state index contributed by atoms with van der Waals surface area (Å²) in [5.74, 6) is 5.41. The lowest BCUT2D eigenvalue weighted by atomic mass is 10.1. The molecule has 5 atom stereocenters. The van der Waals surface area contributed by atoms with Gasteiger partial charge in [-0.2, -0.15) is 0 Å². The maximum atomic E-state index is 12.1. The molecule has 1 aliphatic rings. The molecule has 0 bridgehead atoms. The molecular weight excluding hydrogens is 395 g/mol. The van der Waals surface area contributed by atoms with Gasteiger partial charge in [-0.3, -0.25) is 18.9 Å². The Balaban J connectivity index is 2.31. The number of aromatic amines is 1. The van der Waals surface area contributed by atoms with Crippen molar-refractivity contribution in [1.29, 1.82) is 0 Å². The van der Waals surface area contributed by atoms with E-state index in [1.807, 2.05) is 11.9 Å². The average Bonchev–Trinajstić information content (AvgIpc) is 2.87. The van der Waals surface area contributed by atoms with E-state index in [4.69, 9.17) is 14.5 Å². The number of unbranched alkanes of at least 4 members (excludes halogenated alkanes) is 2. The van der Waals surface area contributed by atoms with Crippen LogP contribution in [0.4, 0.5) is 0 Å². The fraction of sp³-hybridized carbons (Fsp3) is 0.625. The zero-order valence-corrected chi connectivity index (χ0v) is 16.0. The Morgan fingerprint density at radius 1 is 1.32 bits per heavy atom. The quantitative estimate of drug-likeness (QED) is 0.177. The van der Waals surface area contributed by atoms with Crippen molar-refractivity contribution in [2.75, 3.05) is 6.16 Å². The van der Waals surface area contributed by atoms with Gasteiger partial charge in [0.2, 0.25) is 0 Å². The van der Waals surface area contributed by atoms with E-state index < -0.39 is 55.7 Å². The first-order valence-electron chi connectivity index (χ1n) is 8.63. The van der Waals surface area contributed by atoms with Crippen LogP contribution in [0, 0.1) is 11.8 Å². The number of aromatic nitrogens is 2. The normalized spacial score (nSPS) is 25.9. The minimum Gasteiger partial charge on any atom is -0.390 e. The summed E-state index contributed by atoms with van der Waals surface area (Å²) < 4.78 is 17.2. The van der Waals surface area contributed by atoms with E-state index >= 15 is 0 Å². The molecule has 1 aromatic rings. The van der Waals surface area contributed by atoms with Gasteiger partial charge in [-0.25, -0.2) is 4.79 Å². The predicted octanol–water partition coefficient (Wildman–Crippen LogP) is -1.76.